The number of hydrogen-bond donors (Lipinski definition) is 0. The standard InChI is InChI=1S/C19H16.C18H14.C18H20.C16H16.C13H9Br.C13H9Cl.C13H9F.C13H9I.C11H12/c1-19(2)16-10-6-5-9-15(16)18-14-8-4-3-7-13(14)11-12-17(18)19;1-12-15-8-4-5-9-16(15)18-11-14-7-3-2-6-13(14)10-17(12)18;1-4-18(2,3)17-15-11-7-5-9-13(15)14-10-6-8-12-16(14)17;1-10-4-6-13-12(3)14-7-5-11(2)9-16(14)15(13)8-10;4*14-13-11-7-3-1-5-9(11)10-6-2-4-8-12(10)13;1-8-3-5-10-6-4-9(2)11(10)7-8/h3-12H,1-2H3;2-12H,1H3;5-12,17H,4H2,1-3H3;4-9,12H,1-3H3;4*1-8,13H;3-7,9H,1-2H3. The Morgan fingerprint density at radius 1 is 0.312 bits per heavy atom. The summed E-state index contributed by atoms with van der Waals surface area (Å²) < 4.78 is 14.4. The molecular weight excluding hydrogens is 1870 g/mol. The van der Waals surface area contributed by atoms with Crippen molar-refractivity contribution in [2.45, 2.75) is 132 Å². The molecule has 2 unspecified atom stereocenters. The Labute approximate surface area is 842 Å². The normalized spacial score (nSPS) is 14.9. The molecule has 0 saturated heterocycles. The van der Waals surface area contributed by atoms with Crippen LogP contribution in [0.25, 0.3) is 117 Å². The third kappa shape index (κ3) is 17.5. The number of hydrogen-bond acceptors (Lipinski definition) is 0. The molecule has 0 N–H and O–H groups in total. The van der Waals surface area contributed by atoms with Crippen LogP contribution >= 0.6 is 50.1 Å². The van der Waals surface area contributed by atoms with Crippen LogP contribution in [0.2, 0.25) is 0 Å². The van der Waals surface area contributed by atoms with Gasteiger partial charge in [-0.25, -0.2) is 4.39 Å². The summed E-state index contributed by atoms with van der Waals surface area (Å²) in [5.41, 5.74) is 50.4. The zero-order chi connectivity index (χ0) is 95.2. The molecule has 678 valence electrons. The van der Waals surface area contributed by atoms with Gasteiger partial charge in [0.15, 0.2) is 6.17 Å². The Morgan fingerprint density at radius 2 is 0.645 bits per heavy atom. The Bertz CT molecular complexity index is 7200. The molecule has 0 spiro atoms. The first kappa shape index (κ1) is 92.6. The molecule has 19 aromatic rings. The fourth-order valence-corrected chi connectivity index (χ4v) is 24.8. The van der Waals surface area contributed by atoms with Crippen molar-refractivity contribution in [1.29, 1.82) is 0 Å². The predicted molar refractivity (Wildman–Crippen MR) is 598 cm³/mol. The first-order chi connectivity index (χ1) is 67.1. The highest BCUT2D eigenvalue weighted by Gasteiger charge is 2.40. The van der Waals surface area contributed by atoms with E-state index in [0.29, 0.717) is 37.8 Å². The van der Waals surface area contributed by atoms with Crippen molar-refractivity contribution in [2.75, 3.05) is 0 Å². The smallest absolute Gasteiger partial charge is 0.151 e. The van der Waals surface area contributed by atoms with E-state index in [-0.39, 0.29) is 10.8 Å². The van der Waals surface area contributed by atoms with Gasteiger partial charge in [-0.2, -0.15) is 0 Å². The summed E-state index contributed by atoms with van der Waals surface area (Å²) in [5, 5.41) is 5.41. The molecule has 0 fully saturated rings. The van der Waals surface area contributed by atoms with E-state index in [1.54, 1.807) is 0 Å². The summed E-state index contributed by atoms with van der Waals surface area (Å²) in [6.07, 6.45) is 4.71. The van der Waals surface area contributed by atoms with Gasteiger partial charge in [-0.1, -0.05) is 536 Å². The molecule has 9 aliphatic carbocycles. The molecule has 4 heteroatoms. The summed E-state index contributed by atoms with van der Waals surface area (Å²) in [4.78, 5) is 0.370. The topological polar surface area (TPSA) is 0 Å². The summed E-state index contributed by atoms with van der Waals surface area (Å²) in [7, 11) is 0. The minimum absolute atomic E-state index is 0.0300. The minimum Gasteiger partial charge on any atom is -0.237 e. The largest absolute Gasteiger partial charge is 0.237 e. The fourth-order valence-electron chi connectivity index (χ4n) is 22.5. The quantitative estimate of drug-likeness (QED) is 0.120. The van der Waals surface area contributed by atoms with Crippen LogP contribution in [0, 0.1) is 26.2 Å². The number of fused-ring (bicyclic) bond motifs is 28. The lowest BCUT2D eigenvalue weighted by Gasteiger charge is -2.32. The number of halogens is 4. The van der Waals surface area contributed by atoms with Crippen LogP contribution < -0.4 is 0 Å². The van der Waals surface area contributed by atoms with Crippen molar-refractivity contribution < 1.29 is 4.39 Å². The SMILES string of the molecule is BrC1c2ccccc2-c2ccccc21.CC1(C)c2ccccc2-c2c1ccc1ccccc21.CC1c2ccccc2-c2cc3ccccc3cc21.CCC(C)(C)C1c2ccccc2-c2ccccc21.Cc1ccc2c(c1)-c1cc(C)ccc1C2C.Cc1ccc2c(c1)C(C)C=C2.ClC1c2ccccc2-c2ccccc21.FC1c2ccccc2-c2ccccc21.IC1c2ccccc2-c2ccccc21. The van der Waals surface area contributed by atoms with E-state index in [0.717, 1.165) is 22.3 Å². The average Bonchev–Trinajstić information content (AvgIpc) is 1.56. The zero-order valence-corrected chi connectivity index (χ0v) is 84.8. The van der Waals surface area contributed by atoms with Crippen molar-refractivity contribution in [2.24, 2.45) is 5.41 Å². The molecule has 2 atom stereocenters. The average molecular weight is 1990 g/mol. The van der Waals surface area contributed by atoms with Gasteiger partial charge in [0.2, 0.25) is 0 Å². The maximum atomic E-state index is 13.9. The summed E-state index contributed by atoms with van der Waals surface area (Å²) >= 11 is 12.6. The zero-order valence-electron chi connectivity index (χ0n) is 80.3. The Kier molecular flexibility index (Phi) is 26.4. The van der Waals surface area contributed by atoms with E-state index in [4.69, 9.17) is 11.6 Å². The van der Waals surface area contributed by atoms with Crippen LogP contribution in [-0.2, 0) is 5.41 Å². The molecule has 138 heavy (non-hydrogen) atoms. The number of allylic oxidation sites excluding steroid dienone is 1. The third-order valence-corrected chi connectivity index (χ3v) is 32.9. The van der Waals surface area contributed by atoms with Crippen molar-refractivity contribution in [3.63, 3.8) is 0 Å². The molecule has 0 heterocycles. The Morgan fingerprint density at radius 3 is 1.13 bits per heavy atom. The number of alkyl halides is 4. The molecule has 0 saturated carbocycles. The predicted octanol–water partition coefficient (Wildman–Crippen LogP) is 39.0. The maximum absolute atomic E-state index is 13.9. The lowest BCUT2D eigenvalue weighted by molar-refractivity contribution is 0.309. The van der Waals surface area contributed by atoms with Crippen LogP contribution in [0.4, 0.5) is 4.39 Å². The molecule has 0 amide bonds. The molecule has 19 aromatic carbocycles. The lowest BCUT2D eigenvalue weighted by atomic mass is 9.72. The molecule has 28 rings (SSSR count). The molecule has 0 nitrogen and oxygen atoms in total. The maximum Gasteiger partial charge on any atom is 0.151 e. The second kappa shape index (κ2) is 39.4. The van der Waals surface area contributed by atoms with E-state index in [1.165, 1.54) is 212 Å². The van der Waals surface area contributed by atoms with Gasteiger partial charge in [0.1, 0.15) is 0 Å². The van der Waals surface area contributed by atoms with E-state index < -0.39 is 6.17 Å². The highest BCUT2D eigenvalue weighted by molar-refractivity contribution is 14.1. The molecule has 0 radical (unpaired) electrons. The third-order valence-electron chi connectivity index (χ3n) is 30.1. The summed E-state index contributed by atoms with van der Waals surface area (Å²) in [5.74, 6) is 2.21. The minimum atomic E-state index is -0.942. The van der Waals surface area contributed by atoms with Gasteiger partial charge >= 0.3 is 0 Å². The van der Waals surface area contributed by atoms with Crippen LogP contribution in [-0.4, -0.2) is 0 Å². The van der Waals surface area contributed by atoms with Crippen molar-refractivity contribution in [1.82, 2.24) is 0 Å². The highest BCUT2D eigenvalue weighted by atomic mass is 127. The molecular formula is C134H114BrClFI. The summed E-state index contributed by atoms with van der Waals surface area (Å²) in [6.45, 7) is 25.0. The second-order valence-corrected chi connectivity index (χ2v) is 41.9. The first-order valence-corrected chi connectivity index (χ1v) is 51.4. The van der Waals surface area contributed by atoms with Gasteiger partial charge < -0.3 is 0 Å². The first-order valence-electron chi connectivity index (χ1n) is 48.9. The number of benzene rings is 19. The molecule has 0 aromatic heterocycles. The number of rotatable bonds is 2. The Hall–Kier alpha value is -13.1. The van der Waals surface area contributed by atoms with Crippen molar-refractivity contribution >= 4 is 77.7 Å². The van der Waals surface area contributed by atoms with Crippen molar-refractivity contribution in [3.8, 4) is 89.0 Å². The molecule has 9 aliphatic rings. The van der Waals surface area contributed by atoms with Gasteiger partial charge in [-0.15, -0.1) is 11.6 Å². The van der Waals surface area contributed by atoms with Crippen molar-refractivity contribution in [3.05, 3.63) is 541 Å². The fraction of sp³-hybridized carbons (Fsp3) is 0.164. The van der Waals surface area contributed by atoms with E-state index in [9.17, 15) is 4.39 Å². The van der Waals surface area contributed by atoms with Crippen LogP contribution in [0.15, 0.2) is 425 Å². The van der Waals surface area contributed by atoms with Gasteiger partial charge in [0, 0.05) is 23.2 Å². The number of aryl methyl sites for hydroxylation is 3. The van der Waals surface area contributed by atoms with Gasteiger partial charge in [-0.3, -0.25) is 0 Å². The second-order valence-electron chi connectivity index (χ2n) is 39.3. The highest BCUT2D eigenvalue weighted by Crippen LogP contribution is 2.57. The molecule has 0 bridgehead atoms. The van der Waals surface area contributed by atoms with E-state index in [1.807, 2.05) is 60.7 Å². The lowest BCUT2D eigenvalue weighted by Crippen LogP contribution is -2.20. The summed E-state index contributed by atoms with van der Waals surface area (Å²) in [6, 6.07) is 149. The molecule has 0 aliphatic heterocycles. The van der Waals surface area contributed by atoms with Gasteiger partial charge in [0.25, 0.3) is 0 Å². The van der Waals surface area contributed by atoms with E-state index in [2.05, 4.69) is 485 Å². The van der Waals surface area contributed by atoms with Crippen LogP contribution in [0.5, 0.6) is 0 Å². The van der Waals surface area contributed by atoms with Crippen LogP contribution in [0.3, 0.4) is 0 Å². The Balaban J connectivity index is 0.0000000960. The van der Waals surface area contributed by atoms with Gasteiger partial charge in [-0.05, 0) is 255 Å². The monoisotopic (exact) mass is 1980 g/mol. The van der Waals surface area contributed by atoms with Crippen LogP contribution in [0.1, 0.15) is 223 Å². The van der Waals surface area contributed by atoms with Gasteiger partial charge in [0.05, 0.1) is 14.1 Å². The van der Waals surface area contributed by atoms with E-state index >= 15 is 0 Å².